The van der Waals surface area contributed by atoms with Crippen LogP contribution >= 0.6 is 0 Å². The molecule has 0 atom stereocenters. The maximum Gasteiger partial charge on any atom is 2.00 e. The second-order valence-electron chi connectivity index (χ2n) is 7.67. The number of unbranched alkanes of at least 4 members (excludes halogenated alkanes) is 4. The van der Waals surface area contributed by atoms with Gasteiger partial charge in [-0.15, -0.1) is 0 Å². The molecule has 0 amide bonds. The molecular formula is C26H42Fe. The SMILES string of the molecule is CCCCc1c[cH-]c(CCCC)c1.CCCCc1cc[c-](CCCC)c1.[Fe+2]. The Balaban J connectivity index is 0.000000483. The summed E-state index contributed by atoms with van der Waals surface area (Å²) in [6.45, 7) is 9.00. The summed E-state index contributed by atoms with van der Waals surface area (Å²) in [7, 11) is 0. The first-order valence-electron chi connectivity index (χ1n) is 11.2. The van der Waals surface area contributed by atoms with Gasteiger partial charge in [-0.2, -0.15) is 46.5 Å². The summed E-state index contributed by atoms with van der Waals surface area (Å²) in [5, 5.41) is 0. The Morgan fingerprint density at radius 2 is 1.37 bits per heavy atom. The quantitative estimate of drug-likeness (QED) is 0.244. The predicted molar refractivity (Wildman–Crippen MR) is 119 cm³/mol. The van der Waals surface area contributed by atoms with Gasteiger partial charge in [0.1, 0.15) is 0 Å². The summed E-state index contributed by atoms with van der Waals surface area (Å²) in [6, 6.07) is 13.9. The summed E-state index contributed by atoms with van der Waals surface area (Å²) in [6.07, 6.45) is 15.6. The molecule has 0 bridgehead atoms. The van der Waals surface area contributed by atoms with Gasteiger partial charge in [-0.25, -0.2) is 12.1 Å². The molecule has 2 aromatic carbocycles. The van der Waals surface area contributed by atoms with Crippen LogP contribution in [0.15, 0.2) is 36.4 Å². The fourth-order valence-corrected chi connectivity index (χ4v) is 3.24. The van der Waals surface area contributed by atoms with Crippen molar-refractivity contribution in [2.45, 2.75) is 105 Å². The largest absolute Gasteiger partial charge is 2.00 e. The topological polar surface area (TPSA) is 0 Å². The van der Waals surface area contributed by atoms with E-state index in [-0.39, 0.29) is 17.1 Å². The maximum absolute atomic E-state index is 2.38. The standard InChI is InChI=1S/2C13H21.Fe/c2*1-3-5-7-12-9-10-13(11-12)8-6-4-2;/h2*9-11H,3-8H2,1-2H3;/q2*-1;+2. The van der Waals surface area contributed by atoms with E-state index in [1.165, 1.54) is 99.3 Å². The Morgan fingerprint density at radius 1 is 0.778 bits per heavy atom. The van der Waals surface area contributed by atoms with Crippen LogP contribution in [-0.2, 0) is 42.8 Å². The van der Waals surface area contributed by atoms with Gasteiger partial charge in [-0.05, 0) is 0 Å². The number of hydrogen-bond acceptors (Lipinski definition) is 0. The van der Waals surface area contributed by atoms with Gasteiger partial charge in [0, 0.05) is 0 Å². The number of hydrogen-bond donors (Lipinski definition) is 0. The van der Waals surface area contributed by atoms with E-state index in [2.05, 4.69) is 64.1 Å². The fourth-order valence-electron chi connectivity index (χ4n) is 3.24. The summed E-state index contributed by atoms with van der Waals surface area (Å²) in [4.78, 5) is 0. The van der Waals surface area contributed by atoms with Gasteiger partial charge in [-0.1, -0.05) is 105 Å². The Hall–Kier alpha value is -0.781. The van der Waals surface area contributed by atoms with Crippen molar-refractivity contribution in [2.75, 3.05) is 0 Å². The molecule has 0 radical (unpaired) electrons. The molecule has 0 saturated carbocycles. The Kier molecular flexibility index (Phi) is 16.8. The molecule has 2 aromatic rings. The maximum atomic E-state index is 2.38. The molecule has 0 nitrogen and oxygen atoms in total. The molecule has 154 valence electrons. The van der Waals surface area contributed by atoms with E-state index >= 15 is 0 Å². The minimum Gasteiger partial charge on any atom is -0.210 e. The average Bonchev–Trinajstić information content (AvgIpc) is 3.31. The molecule has 0 spiro atoms. The van der Waals surface area contributed by atoms with Gasteiger partial charge in [0.15, 0.2) is 0 Å². The molecule has 0 aliphatic rings. The van der Waals surface area contributed by atoms with Gasteiger partial charge < -0.3 is 0 Å². The first-order chi connectivity index (χ1) is 12.7. The zero-order valence-electron chi connectivity index (χ0n) is 18.3. The molecule has 0 unspecified atom stereocenters. The Morgan fingerprint density at radius 3 is 2.00 bits per heavy atom. The molecule has 0 aliphatic heterocycles. The van der Waals surface area contributed by atoms with E-state index in [0.29, 0.717) is 0 Å². The van der Waals surface area contributed by atoms with Crippen LogP contribution in [0.3, 0.4) is 0 Å². The fraction of sp³-hybridized carbons (Fsp3) is 0.615. The molecule has 0 saturated heterocycles. The summed E-state index contributed by atoms with van der Waals surface area (Å²) >= 11 is 0. The van der Waals surface area contributed by atoms with Crippen LogP contribution in [0.5, 0.6) is 0 Å². The van der Waals surface area contributed by atoms with E-state index in [1.807, 2.05) is 0 Å². The molecule has 0 heterocycles. The molecule has 0 fully saturated rings. The van der Waals surface area contributed by atoms with Crippen molar-refractivity contribution in [2.24, 2.45) is 0 Å². The minimum absolute atomic E-state index is 0. The molecule has 2 rings (SSSR count). The van der Waals surface area contributed by atoms with Crippen molar-refractivity contribution in [3.8, 4) is 0 Å². The Labute approximate surface area is 180 Å². The summed E-state index contributed by atoms with van der Waals surface area (Å²) in [5.74, 6) is 0. The minimum atomic E-state index is 0. The van der Waals surface area contributed by atoms with E-state index in [0.717, 1.165) is 0 Å². The monoisotopic (exact) mass is 410 g/mol. The van der Waals surface area contributed by atoms with Crippen LogP contribution in [0, 0.1) is 0 Å². The third-order valence-electron chi connectivity index (χ3n) is 5.04. The van der Waals surface area contributed by atoms with Crippen LogP contribution in [0.2, 0.25) is 0 Å². The first-order valence-corrected chi connectivity index (χ1v) is 11.2. The predicted octanol–water partition coefficient (Wildman–Crippen LogP) is 8.18. The van der Waals surface area contributed by atoms with Crippen LogP contribution in [0.4, 0.5) is 0 Å². The summed E-state index contributed by atoms with van der Waals surface area (Å²) < 4.78 is 0. The molecule has 0 N–H and O–H groups in total. The second-order valence-corrected chi connectivity index (χ2v) is 7.67. The molecule has 0 aliphatic carbocycles. The second kappa shape index (κ2) is 17.3. The summed E-state index contributed by atoms with van der Waals surface area (Å²) in [5.41, 5.74) is 6.14. The van der Waals surface area contributed by atoms with Crippen LogP contribution in [0.25, 0.3) is 0 Å². The zero-order valence-corrected chi connectivity index (χ0v) is 19.4. The van der Waals surface area contributed by atoms with Crippen LogP contribution in [-0.4, -0.2) is 0 Å². The smallest absolute Gasteiger partial charge is 0.210 e. The van der Waals surface area contributed by atoms with E-state index in [1.54, 1.807) is 0 Å². The van der Waals surface area contributed by atoms with Crippen molar-refractivity contribution in [3.05, 3.63) is 58.7 Å². The molecule has 1 heteroatoms. The molecule has 0 aromatic heterocycles. The molecule has 27 heavy (non-hydrogen) atoms. The van der Waals surface area contributed by atoms with Crippen molar-refractivity contribution >= 4 is 0 Å². The van der Waals surface area contributed by atoms with Crippen molar-refractivity contribution in [1.29, 1.82) is 0 Å². The normalized spacial score (nSPS) is 10.2. The van der Waals surface area contributed by atoms with E-state index in [4.69, 9.17) is 0 Å². The van der Waals surface area contributed by atoms with Gasteiger partial charge in [0.25, 0.3) is 0 Å². The van der Waals surface area contributed by atoms with Crippen molar-refractivity contribution in [1.82, 2.24) is 0 Å². The third kappa shape index (κ3) is 12.3. The third-order valence-corrected chi connectivity index (χ3v) is 5.04. The zero-order chi connectivity index (χ0) is 19.0. The van der Waals surface area contributed by atoms with Crippen LogP contribution in [0.1, 0.15) is 101 Å². The number of rotatable bonds is 12. The van der Waals surface area contributed by atoms with E-state index < -0.39 is 0 Å². The van der Waals surface area contributed by atoms with Crippen LogP contribution < -0.4 is 0 Å². The molecular weight excluding hydrogens is 368 g/mol. The van der Waals surface area contributed by atoms with Crippen molar-refractivity contribution < 1.29 is 17.1 Å². The number of aryl methyl sites for hydroxylation is 4. The van der Waals surface area contributed by atoms with E-state index in [9.17, 15) is 0 Å². The van der Waals surface area contributed by atoms with Gasteiger partial charge in [-0.3, -0.25) is 0 Å². The average molecular weight is 410 g/mol. The van der Waals surface area contributed by atoms with Gasteiger partial charge in [0.05, 0.1) is 0 Å². The van der Waals surface area contributed by atoms with Gasteiger partial charge in [0.2, 0.25) is 0 Å². The van der Waals surface area contributed by atoms with Gasteiger partial charge >= 0.3 is 17.1 Å². The Bertz CT molecular complexity index is 451. The van der Waals surface area contributed by atoms with Crippen molar-refractivity contribution in [3.63, 3.8) is 0 Å². The first kappa shape index (κ1) is 26.2.